The van der Waals surface area contributed by atoms with Crippen molar-refractivity contribution in [1.82, 2.24) is 0 Å². The molecule has 0 aromatic heterocycles. The van der Waals surface area contributed by atoms with Gasteiger partial charge in [0.1, 0.15) is 5.75 Å². The smallest absolute Gasteiger partial charge is 0.303 e. The molecule has 0 radical (unpaired) electrons. The Bertz CT molecular complexity index is 776. The zero-order chi connectivity index (χ0) is 19.6. The highest BCUT2D eigenvalue weighted by Crippen LogP contribution is 2.21. The molecular formula is C20H22FNO5. The molecule has 2 aromatic rings. The quantitative estimate of drug-likeness (QED) is 0.619. The molecule has 0 bridgehead atoms. The maximum absolute atomic E-state index is 14.1. The van der Waals surface area contributed by atoms with E-state index in [0.717, 1.165) is 0 Å². The maximum atomic E-state index is 14.1. The summed E-state index contributed by atoms with van der Waals surface area (Å²) in [4.78, 5) is 22.5. The van der Waals surface area contributed by atoms with Crippen molar-refractivity contribution in [2.45, 2.75) is 25.7 Å². The topological polar surface area (TPSA) is 84.9 Å². The van der Waals surface area contributed by atoms with E-state index in [4.69, 9.17) is 14.6 Å². The number of anilines is 1. The Labute approximate surface area is 156 Å². The SMILES string of the molecule is COc1cccc(CCC(=O)Nc2ccc(OCCCC(=O)O)cc2)c1F. The summed E-state index contributed by atoms with van der Waals surface area (Å²) in [5.74, 6) is -0.779. The molecule has 1 amide bonds. The molecule has 0 fully saturated rings. The van der Waals surface area contributed by atoms with Crippen molar-refractivity contribution in [3.05, 3.63) is 53.8 Å². The third-order valence-electron chi connectivity index (χ3n) is 3.83. The first-order chi connectivity index (χ1) is 13.0. The molecule has 2 aromatic carbocycles. The highest BCUT2D eigenvalue weighted by atomic mass is 19.1. The molecule has 2 N–H and O–H groups in total. The van der Waals surface area contributed by atoms with Crippen LogP contribution in [0.25, 0.3) is 0 Å². The number of ether oxygens (including phenoxy) is 2. The highest BCUT2D eigenvalue weighted by molar-refractivity contribution is 5.90. The predicted octanol–water partition coefficient (Wildman–Crippen LogP) is 3.65. The number of nitrogens with one attached hydrogen (secondary N) is 1. The van der Waals surface area contributed by atoms with Crippen LogP contribution in [0.3, 0.4) is 0 Å². The molecule has 0 atom stereocenters. The largest absolute Gasteiger partial charge is 0.494 e. The number of halogens is 1. The molecule has 0 unspecified atom stereocenters. The van der Waals surface area contributed by atoms with Gasteiger partial charge in [0.25, 0.3) is 0 Å². The Hall–Kier alpha value is -3.09. The third-order valence-corrected chi connectivity index (χ3v) is 3.83. The third kappa shape index (κ3) is 6.62. The lowest BCUT2D eigenvalue weighted by Crippen LogP contribution is -2.12. The fourth-order valence-corrected chi connectivity index (χ4v) is 2.43. The highest BCUT2D eigenvalue weighted by Gasteiger charge is 2.10. The zero-order valence-corrected chi connectivity index (χ0v) is 15.0. The number of aliphatic carboxylic acids is 1. The number of hydrogen-bond acceptors (Lipinski definition) is 4. The van der Waals surface area contributed by atoms with Crippen LogP contribution in [0.1, 0.15) is 24.8 Å². The Balaban J connectivity index is 1.79. The Morgan fingerprint density at radius 3 is 2.52 bits per heavy atom. The number of amides is 1. The van der Waals surface area contributed by atoms with Gasteiger partial charge in [0.2, 0.25) is 5.91 Å². The minimum Gasteiger partial charge on any atom is -0.494 e. The number of hydrogen-bond donors (Lipinski definition) is 2. The first-order valence-corrected chi connectivity index (χ1v) is 8.55. The monoisotopic (exact) mass is 375 g/mol. The molecule has 0 spiro atoms. The number of carboxylic acid groups (broad SMARTS) is 1. The van der Waals surface area contributed by atoms with E-state index in [2.05, 4.69) is 5.32 Å². The summed E-state index contributed by atoms with van der Waals surface area (Å²) in [5, 5.41) is 11.3. The van der Waals surface area contributed by atoms with E-state index < -0.39 is 11.8 Å². The Morgan fingerprint density at radius 1 is 1.11 bits per heavy atom. The van der Waals surface area contributed by atoms with Crippen molar-refractivity contribution in [2.24, 2.45) is 0 Å². The second-order valence-corrected chi connectivity index (χ2v) is 5.85. The number of carbonyl (C=O) groups is 2. The fraction of sp³-hybridized carbons (Fsp3) is 0.300. The molecule has 0 aliphatic carbocycles. The molecule has 7 heteroatoms. The van der Waals surface area contributed by atoms with Gasteiger partial charge < -0.3 is 19.9 Å². The first kappa shape index (κ1) is 20.2. The van der Waals surface area contributed by atoms with Crippen LogP contribution in [0, 0.1) is 5.82 Å². The predicted molar refractivity (Wildman–Crippen MR) is 98.7 cm³/mol. The van der Waals surface area contributed by atoms with E-state index in [1.165, 1.54) is 13.2 Å². The van der Waals surface area contributed by atoms with Crippen LogP contribution in [-0.4, -0.2) is 30.7 Å². The van der Waals surface area contributed by atoms with E-state index in [1.807, 2.05) is 0 Å². The number of rotatable bonds is 10. The molecular weight excluding hydrogens is 353 g/mol. The summed E-state index contributed by atoms with van der Waals surface area (Å²) in [6.45, 7) is 0.310. The van der Waals surface area contributed by atoms with Gasteiger partial charge >= 0.3 is 5.97 Å². The van der Waals surface area contributed by atoms with Crippen LogP contribution in [0.4, 0.5) is 10.1 Å². The van der Waals surface area contributed by atoms with Gasteiger partial charge in [-0.15, -0.1) is 0 Å². The Kier molecular flexibility index (Phi) is 7.61. The van der Waals surface area contributed by atoms with Gasteiger partial charge in [0, 0.05) is 18.5 Å². The summed E-state index contributed by atoms with van der Waals surface area (Å²) in [6, 6.07) is 11.6. The number of aryl methyl sites for hydroxylation is 1. The molecule has 0 aliphatic rings. The minimum absolute atomic E-state index is 0.0576. The fourth-order valence-electron chi connectivity index (χ4n) is 2.43. The lowest BCUT2D eigenvalue weighted by molar-refractivity contribution is -0.137. The first-order valence-electron chi connectivity index (χ1n) is 8.55. The van der Waals surface area contributed by atoms with Crippen LogP contribution in [0.15, 0.2) is 42.5 Å². The summed E-state index contributed by atoms with van der Waals surface area (Å²) in [5.41, 5.74) is 1.03. The maximum Gasteiger partial charge on any atom is 0.303 e. The van der Waals surface area contributed by atoms with Crippen molar-refractivity contribution >= 4 is 17.6 Å². The van der Waals surface area contributed by atoms with Crippen molar-refractivity contribution in [3.63, 3.8) is 0 Å². The van der Waals surface area contributed by atoms with Gasteiger partial charge in [0.15, 0.2) is 11.6 Å². The van der Waals surface area contributed by atoms with Crippen LogP contribution >= 0.6 is 0 Å². The normalized spacial score (nSPS) is 10.3. The van der Waals surface area contributed by atoms with E-state index in [0.29, 0.717) is 30.0 Å². The minimum atomic E-state index is -0.856. The zero-order valence-electron chi connectivity index (χ0n) is 15.0. The van der Waals surface area contributed by atoms with Crippen molar-refractivity contribution in [1.29, 1.82) is 0 Å². The molecule has 6 nitrogen and oxygen atoms in total. The molecule has 2 rings (SSSR count). The van der Waals surface area contributed by atoms with E-state index in [-0.39, 0.29) is 30.9 Å². The van der Waals surface area contributed by atoms with Crippen molar-refractivity contribution in [2.75, 3.05) is 19.0 Å². The molecule has 0 aliphatic heterocycles. The second kappa shape index (κ2) is 10.2. The molecule has 0 saturated heterocycles. The second-order valence-electron chi connectivity index (χ2n) is 5.85. The lowest BCUT2D eigenvalue weighted by atomic mass is 10.1. The summed E-state index contributed by atoms with van der Waals surface area (Å²) >= 11 is 0. The van der Waals surface area contributed by atoms with E-state index >= 15 is 0 Å². The van der Waals surface area contributed by atoms with Gasteiger partial charge in [0.05, 0.1) is 13.7 Å². The van der Waals surface area contributed by atoms with E-state index in [1.54, 1.807) is 36.4 Å². The van der Waals surface area contributed by atoms with Crippen molar-refractivity contribution in [3.8, 4) is 11.5 Å². The summed E-state index contributed by atoms with van der Waals surface area (Å²) in [7, 11) is 1.40. The van der Waals surface area contributed by atoms with Crippen LogP contribution in [-0.2, 0) is 16.0 Å². The molecule has 0 heterocycles. The number of carboxylic acids is 1. The van der Waals surface area contributed by atoms with Gasteiger partial charge in [-0.25, -0.2) is 4.39 Å². The van der Waals surface area contributed by atoms with Crippen LogP contribution < -0.4 is 14.8 Å². The number of carbonyl (C=O) groups excluding carboxylic acids is 1. The summed E-state index contributed by atoms with van der Waals surface area (Å²) in [6.07, 6.45) is 0.883. The number of benzene rings is 2. The van der Waals surface area contributed by atoms with Gasteiger partial charge in [-0.2, -0.15) is 0 Å². The lowest BCUT2D eigenvalue weighted by Gasteiger charge is -2.09. The van der Waals surface area contributed by atoms with Gasteiger partial charge in [-0.1, -0.05) is 12.1 Å². The van der Waals surface area contributed by atoms with Crippen molar-refractivity contribution < 1.29 is 28.6 Å². The average Bonchev–Trinajstić information content (AvgIpc) is 2.65. The van der Waals surface area contributed by atoms with E-state index in [9.17, 15) is 14.0 Å². The average molecular weight is 375 g/mol. The van der Waals surface area contributed by atoms with Gasteiger partial charge in [-0.05, 0) is 48.7 Å². The molecule has 27 heavy (non-hydrogen) atoms. The van der Waals surface area contributed by atoms with Gasteiger partial charge in [-0.3, -0.25) is 9.59 Å². The van der Waals surface area contributed by atoms with Crippen LogP contribution in [0.5, 0.6) is 11.5 Å². The number of methoxy groups -OCH3 is 1. The van der Waals surface area contributed by atoms with Crippen LogP contribution in [0.2, 0.25) is 0 Å². The standard InChI is InChI=1S/C20H22FNO5/c1-26-17-5-2-4-14(20(17)21)7-12-18(23)22-15-8-10-16(11-9-15)27-13-3-6-19(24)25/h2,4-5,8-11H,3,6-7,12-13H2,1H3,(H,22,23)(H,24,25). The molecule has 0 saturated carbocycles. The Morgan fingerprint density at radius 2 is 1.85 bits per heavy atom. The molecule has 144 valence electrons. The summed E-state index contributed by atoms with van der Waals surface area (Å²) < 4.78 is 24.4.